The predicted octanol–water partition coefficient (Wildman–Crippen LogP) is 3.06. The van der Waals surface area contributed by atoms with Gasteiger partial charge in [-0.1, -0.05) is 59.0 Å². The predicted molar refractivity (Wildman–Crippen MR) is 58.2 cm³/mol. The molecule has 11 heavy (non-hydrogen) atoms. The second-order valence-electron chi connectivity index (χ2n) is 4.31. The second-order valence-corrected chi connectivity index (χ2v) is 4.31. The molecule has 0 fully saturated rings. The van der Waals surface area contributed by atoms with Gasteiger partial charge in [-0.3, -0.25) is 0 Å². The standard InChI is InChI=1S/C9H21B.Li.H/c1-7(2)10(8(3)4)9(5)6;;/h7-9H,1-6H3;;. The van der Waals surface area contributed by atoms with Gasteiger partial charge in [-0.05, 0) is 0 Å². The Morgan fingerprint density at radius 3 is 0.818 bits per heavy atom. The molecule has 0 aliphatic carbocycles. The summed E-state index contributed by atoms with van der Waals surface area (Å²) in [6, 6.07) is 0. The Labute approximate surface area is 84.8 Å². The van der Waals surface area contributed by atoms with E-state index in [1.807, 2.05) is 0 Å². The molecule has 0 amide bonds. The van der Waals surface area contributed by atoms with Gasteiger partial charge < -0.3 is 0 Å². The van der Waals surface area contributed by atoms with Crippen molar-refractivity contribution in [3.05, 3.63) is 0 Å². The summed E-state index contributed by atoms with van der Waals surface area (Å²) in [5, 5.41) is 0. The van der Waals surface area contributed by atoms with Crippen LogP contribution in [0.4, 0.5) is 0 Å². The van der Waals surface area contributed by atoms with Gasteiger partial charge in [-0.2, -0.15) is 0 Å². The molecule has 0 radical (unpaired) electrons. The average molecular weight is 148 g/mol. The Kier molecular flexibility index (Phi) is 8.02. The van der Waals surface area contributed by atoms with Crippen LogP contribution in [0.1, 0.15) is 41.5 Å². The summed E-state index contributed by atoms with van der Waals surface area (Å²) >= 11 is 0. The molecule has 0 bridgehead atoms. The fourth-order valence-electron chi connectivity index (χ4n) is 2.31. The first-order valence-corrected chi connectivity index (χ1v) is 4.46. The van der Waals surface area contributed by atoms with Crippen molar-refractivity contribution in [1.29, 1.82) is 0 Å². The molecule has 2 heteroatoms. The molecule has 0 saturated carbocycles. The van der Waals surface area contributed by atoms with Crippen LogP contribution in [0.5, 0.6) is 0 Å². The topological polar surface area (TPSA) is 0 Å². The Balaban J connectivity index is 0. The summed E-state index contributed by atoms with van der Waals surface area (Å²) in [5.74, 6) is 2.50. The maximum atomic E-state index is 2.32. The number of hydrogen-bond donors (Lipinski definition) is 0. The molecule has 0 aromatic rings. The van der Waals surface area contributed by atoms with Gasteiger partial charge in [0.2, 0.25) is 0 Å². The van der Waals surface area contributed by atoms with E-state index in [1.165, 1.54) is 0 Å². The zero-order valence-corrected chi connectivity index (χ0v) is 8.31. The molecule has 0 aliphatic heterocycles. The van der Waals surface area contributed by atoms with Crippen molar-refractivity contribution in [2.45, 2.75) is 59.0 Å². The summed E-state index contributed by atoms with van der Waals surface area (Å²) in [6.45, 7) is 14.8. The van der Waals surface area contributed by atoms with E-state index in [9.17, 15) is 0 Å². The fraction of sp³-hybridized carbons (Fsp3) is 1.00. The van der Waals surface area contributed by atoms with Gasteiger partial charge in [0, 0.05) is 0 Å². The van der Waals surface area contributed by atoms with Crippen LogP contribution in [0.2, 0.25) is 17.5 Å². The van der Waals surface area contributed by atoms with Crippen LogP contribution in [0.3, 0.4) is 0 Å². The van der Waals surface area contributed by atoms with Gasteiger partial charge in [-0.15, -0.1) is 0 Å². The van der Waals surface area contributed by atoms with Crippen molar-refractivity contribution in [3.8, 4) is 0 Å². The van der Waals surface area contributed by atoms with Gasteiger partial charge in [0.1, 0.15) is 6.71 Å². The van der Waals surface area contributed by atoms with Crippen molar-refractivity contribution in [1.82, 2.24) is 0 Å². The first kappa shape index (κ1) is 14.2. The van der Waals surface area contributed by atoms with Crippen molar-refractivity contribution in [3.63, 3.8) is 0 Å². The summed E-state index contributed by atoms with van der Waals surface area (Å²) in [5.41, 5.74) is 0. The van der Waals surface area contributed by atoms with Crippen LogP contribution in [-0.4, -0.2) is 25.6 Å². The van der Waals surface area contributed by atoms with Crippen LogP contribution in [0.25, 0.3) is 0 Å². The molecule has 0 aliphatic rings. The van der Waals surface area contributed by atoms with E-state index in [2.05, 4.69) is 41.5 Å². The molecular formula is C9H22BLi. The molecule has 0 rings (SSSR count). The van der Waals surface area contributed by atoms with E-state index >= 15 is 0 Å². The number of hydrogen-bond acceptors (Lipinski definition) is 0. The molecule has 0 aromatic heterocycles. The van der Waals surface area contributed by atoms with E-state index < -0.39 is 0 Å². The first-order valence-electron chi connectivity index (χ1n) is 4.46. The summed E-state index contributed by atoms with van der Waals surface area (Å²) in [6.07, 6.45) is 0. The Morgan fingerprint density at radius 1 is 0.636 bits per heavy atom. The van der Waals surface area contributed by atoms with Crippen molar-refractivity contribution in [2.75, 3.05) is 0 Å². The molecule has 0 heterocycles. The maximum absolute atomic E-state index is 2.32. The molecule has 0 spiro atoms. The van der Waals surface area contributed by atoms with E-state index in [0.717, 1.165) is 24.2 Å². The third-order valence-electron chi connectivity index (χ3n) is 2.31. The Hall–Kier alpha value is 0.662. The third kappa shape index (κ3) is 4.99. The zero-order chi connectivity index (χ0) is 8.31. The van der Waals surface area contributed by atoms with Crippen molar-refractivity contribution < 1.29 is 0 Å². The molecule has 0 unspecified atom stereocenters. The average Bonchev–Trinajstić information content (AvgIpc) is 1.59. The molecular weight excluding hydrogens is 126 g/mol. The van der Waals surface area contributed by atoms with Gasteiger partial charge in [0.15, 0.2) is 0 Å². The summed E-state index contributed by atoms with van der Waals surface area (Å²) < 4.78 is 0. The van der Waals surface area contributed by atoms with Crippen molar-refractivity contribution >= 4 is 25.6 Å². The van der Waals surface area contributed by atoms with Crippen LogP contribution < -0.4 is 0 Å². The van der Waals surface area contributed by atoms with Gasteiger partial charge in [0.25, 0.3) is 0 Å². The molecule has 0 aromatic carbocycles. The van der Waals surface area contributed by atoms with Crippen LogP contribution >= 0.6 is 0 Å². The van der Waals surface area contributed by atoms with Crippen molar-refractivity contribution in [2.24, 2.45) is 0 Å². The monoisotopic (exact) mass is 148 g/mol. The van der Waals surface area contributed by atoms with Crippen LogP contribution in [0.15, 0.2) is 0 Å². The van der Waals surface area contributed by atoms with E-state index in [1.54, 1.807) is 0 Å². The molecule has 0 nitrogen and oxygen atoms in total. The summed E-state index contributed by atoms with van der Waals surface area (Å²) in [4.78, 5) is 0. The van der Waals surface area contributed by atoms with Gasteiger partial charge in [0.05, 0.1) is 0 Å². The van der Waals surface area contributed by atoms with E-state index in [-0.39, 0.29) is 18.9 Å². The van der Waals surface area contributed by atoms with Crippen LogP contribution in [-0.2, 0) is 0 Å². The first-order chi connectivity index (χ1) is 4.46. The zero-order valence-electron chi connectivity index (χ0n) is 8.31. The number of rotatable bonds is 3. The van der Waals surface area contributed by atoms with Gasteiger partial charge in [-0.25, -0.2) is 0 Å². The molecule has 0 atom stereocenters. The van der Waals surface area contributed by atoms with Gasteiger partial charge >= 0.3 is 18.9 Å². The normalized spacial score (nSPS) is 10.6. The Morgan fingerprint density at radius 2 is 0.818 bits per heavy atom. The quantitative estimate of drug-likeness (QED) is 0.539. The second kappa shape index (κ2) is 6.21. The minimum absolute atomic E-state index is 0. The van der Waals surface area contributed by atoms with Crippen LogP contribution in [0, 0.1) is 0 Å². The Bertz CT molecular complexity index is 70.5. The fourth-order valence-corrected chi connectivity index (χ4v) is 2.31. The minimum atomic E-state index is 0. The molecule has 62 valence electrons. The van der Waals surface area contributed by atoms with E-state index in [0.29, 0.717) is 0 Å². The summed E-state index contributed by atoms with van der Waals surface area (Å²) in [7, 11) is 0. The third-order valence-corrected chi connectivity index (χ3v) is 2.31. The molecule has 0 saturated heterocycles. The van der Waals surface area contributed by atoms with E-state index in [4.69, 9.17) is 0 Å². The molecule has 0 N–H and O–H groups in total. The SMILES string of the molecule is CC(C)B(C(C)C)C(C)C.[LiH].